The number of nitrogens with zero attached hydrogens (tertiary/aromatic N) is 1. The number of carboxylic acids is 1. The van der Waals surface area contributed by atoms with E-state index in [1.165, 1.54) is 11.1 Å². The Labute approximate surface area is 112 Å². The van der Waals surface area contributed by atoms with Crippen molar-refractivity contribution in [1.82, 2.24) is 9.97 Å². The molecule has 2 rings (SSSR count). The van der Waals surface area contributed by atoms with E-state index in [2.05, 4.69) is 41.2 Å². The fourth-order valence-electron chi connectivity index (χ4n) is 2.01. The van der Waals surface area contributed by atoms with Crippen molar-refractivity contribution in [3.8, 4) is 0 Å². The highest BCUT2D eigenvalue weighted by Gasteiger charge is 2.10. The molecular weight excluding hydrogens is 240 g/mol. The Kier molecular flexibility index (Phi) is 4.00. The van der Waals surface area contributed by atoms with Crippen LogP contribution in [0.1, 0.15) is 28.3 Å². The standard InChI is InChI=1S/C15H18N2O2/c1-10-3-5-12(6-4-10)7-8-14-16-11(2)13(17-14)9-15(18)19/h3-6H,7-9H2,1-2H3,(H,16,17)(H,18,19). The van der Waals surface area contributed by atoms with Gasteiger partial charge in [0.15, 0.2) is 0 Å². The fourth-order valence-corrected chi connectivity index (χ4v) is 2.01. The maximum atomic E-state index is 10.7. The minimum Gasteiger partial charge on any atom is -0.481 e. The number of carbonyl (C=O) groups is 1. The van der Waals surface area contributed by atoms with Crippen molar-refractivity contribution < 1.29 is 9.90 Å². The summed E-state index contributed by atoms with van der Waals surface area (Å²) in [5.74, 6) is 0.00834. The van der Waals surface area contributed by atoms with Crippen molar-refractivity contribution in [3.63, 3.8) is 0 Å². The topological polar surface area (TPSA) is 66.0 Å². The number of carboxylic acid groups (broad SMARTS) is 1. The van der Waals surface area contributed by atoms with Crippen molar-refractivity contribution in [2.75, 3.05) is 0 Å². The smallest absolute Gasteiger partial charge is 0.309 e. The third-order valence-corrected chi connectivity index (χ3v) is 3.12. The first-order valence-corrected chi connectivity index (χ1v) is 6.36. The van der Waals surface area contributed by atoms with Crippen LogP contribution in [0, 0.1) is 13.8 Å². The maximum absolute atomic E-state index is 10.7. The number of rotatable bonds is 5. The molecule has 4 nitrogen and oxygen atoms in total. The van der Waals surface area contributed by atoms with E-state index >= 15 is 0 Å². The predicted molar refractivity (Wildman–Crippen MR) is 73.3 cm³/mol. The molecule has 2 aromatic rings. The molecule has 0 unspecified atom stereocenters. The monoisotopic (exact) mass is 258 g/mol. The highest BCUT2D eigenvalue weighted by Crippen LogP contribution is 2.10. The average molecular weight is 258 g/mol. The van der Waals surface area contributed by atoms with E-state index in [1.807, 2.05) is 6.92 Å². The summed E-state index contributed by atoms with van der Waals surface area (Å²) in [6.45, 7) is 3.93. The summed E-state index contributed by atoms with van der Waals surface area (Å²) in [7, 11) is 0. The number of imidazole rings is 1. The molecule has 2 N–H and O–H groups in total. The van der Waals surface area contributed by atoms with Gasteiger partial charge in [0, 0.05) is 12.1 Å². The van der Waals surface area contributed by atoms with Crippen molar-refractivity contribution >= 4 is 5.97 Å². The third-order valence-electron chi connectivity index (χ3n) is 3.12. The van der Waals surface area contributed by atoms with Crippen LogP contribution >= 0.6 is 0 Å². The lowest BCUT2D eigenvalue weighted by Crippen LogP contribution is -2.02. The van der Waals surface area contributed by atoms with Gasteiger partial charge in [-0.2, -0.15) is 0 Å². The van der Waals surface area contributed by atoms with Gasteiger partial charge in [-0.3, -0.25) is 4.79 Å². The number of benzene rings is 1. The molecular formula is C15H18N2O2. The van der Waals surface area contributed by atoms with E-state index in [4.69, 9.17) is 5.11 Å². The second-order valence-corrected chi connectivity index (χ2v) is 4.81. The summed E-state index contributed by atoms with van der Waals surface area (Å²) in [6.07, 6.45) is 1.68. The molecule has 1 aromatic heterocycles. The highest BCUT2D eigenvalue weighted by atomic mass is 16.4. The molecule has 0 spiro atoms. The van der Waals surface area contributed by atoms with Crippen LogP contribution in [0.15, 0.2) is 24.3 Å². The minimum absolute atomic E-state index is 0.0210. The number of nitrogens with one attached hydrogen (secondary N) is 1. The fraction of sp³-hybridized carbons (Fsp3) is 0.333. The molecule has 0 bridgehead atoms. The van der Waals surface area contributed by atoms with Gasteiger partial charge in [0.05, 0.1) is 12.1 Å². The van der Waals surface area contributed by atoms with E-state index in [0.29, 0.717) is 5.69 Å². The highest BCUT2D eigenvalue weighted by molar-refractivity contribution is 5.69. The van der Waals surface area contributed by atoms with Gasteiger partial charge in [-0.05, 0) is 25.8 Å². The second-order valence-electron chi connectivity index (χ2n) is 4.81. The van der Waals surface area contributed by atoms with Crippen LogP contribution in [0.25, 0.3) is 0 Å². The van der Waals surface area contributed by atoms with Gasteiger partial charge in [-0.25, -0.2) is 4.98 Å². The van der Waals surface area contributed by atoms with Crippen LogP contribution in [0.3, 0.4) is 0 Å². The van der Waals surface area contributed by atoms with Crippen LogP contribution in [-0.4, -0.2) is 21.0 Å². The van der Waals surface area contributed by atoms with Gasteiger partial charge in [0.25, 0.3) is 0 Å². The molecule has 0 saturated carbocycles. The zero-order valence-electron chi connectivity index (χ0n) is 11.2. The first-order chi connectivity index (χ1) is 9.04. The molecule has 0 fully saturated rings. The summed E-state index contributed by atoms with van der Waals surface area (Å²) in [6, 6.07) is 8.42. The minimum atomic E-state index is -0.848. The zero-order valence-corrected chi connectivity index (χ0v) is 11.2. The molecule has 4 heteroatoms. The number of hydrogen-bond acceptors (Lipinski definition) is 2. The van der Waals surface area contributed by atoms with Gasteiger partial charge in [0.1, 0.15) is 5.82 Å². The molecule has 1 heterocycles. The Hall–Kier alpha value is -2.10. The molecule has 0 atom stereocenters. The van der Waals surface area contributed by atoms with Crippen molar-refractivity contribution in [3.05, 3.63) is 52.6 Å². The number of aryl methyl sites for hydroxylation is 4. The van der Waals surface area contributed by atoms with Crippen LogP contribution in [-0.2, 0) is 24.1 Å². The Bertz CT molecular complexity index is 570. The molecule has 0 radical (unpaired) electrons. The quantitative estimate of drug-likeness (QED) is 0.865. The normalized spacial score (nSPS) is 10.6. The first-order valence-electron chi connectivity index (χ1n) is 6.36. The van der Waals surface area contributed by atoms with Crippen molar-refractivity contribution in [2.45, 2.75) is 33.1 Å². The lowest BCUT2D eigenvalue weighted by atomic mass is 10.1. The lowest BCUT2D eigenvalue weighted by Gasteiger charge is -2.00. The Morgan fingerprint density at radius 3 is 2.53 bits per heavy atom. The summed E-state index contributed by atoms with van der Waals surface area (Å²) in [5.41, 5.74) is 3.99. The first kappa shape index (κ1) is 13.3. The maximum Gasteiger partial charge on any atom is 0.309 e. The average Bonchev–Trinajstić information content (AvgIpc) is 2.69. The van der Waals surface area contributed by atoms with Crippen LogP contribution in [0.5, 0.6) is 0 Å². The summed E-state index contributed by atoms with van der Waals surface area (Å²) >= 11 is 0. The van der Waals surface area contributed by atoms with E-state index in [9.17, 15) is 4.79 Å². The Balaban J connectivity index is 1.99. The molecule has 19 heavy (non-hydrogen) atoms. The molecule has 0 amide bonds. The van der Waals surface area contributed by atoms with Gasteiger partial charge in [0.2, 0.25) is 0 Å². The summed E-state index contributed by atoms with van der Waals surface area (Å²) in [5, 5.41) is 8.78. The predicted octanol–water partition coefficient (Wildman–Crippen LogP) is 2.44. The van der Waals surface area contributed by atoms with E-state index in [1.54, 1.807) is 0 Å². The number of aromatic amines is 1. The largest absolute Gasteiger partial charge is 0.481 e. The Morgan fingerprint density at radius 2 is 1.89 bits per heavy atom. The van der Waals surface area contributed by atoms with Gasteiger partial charge < -0.3 is 10.1 Å². The number of H-pyrrole nitrogens is 1. The molecule has 0 aliphatic carbocycles. The van der Waals surface area contributed by atoms with Gasteiger partial charge >= 0.3 is 5.97 Å². The number of aromatic nitrogens is 2. The van der Waals surface area contributed by atoms with Gasteiger partial charge in [-0.1, -0.05) is 29.8 Å². The van der Waals surface area contributed by atoms with E-state index < -0.39 is 5.97 Å². The number of aliphatic carboxylic acids is 1. The third kappa shape index (κ3) is 3.68. The van der Waals surface area contributed by atoms with E-state index in [-0.39, 0.29) is 6.42 Å². The molecule has 0 aliphatic rings. The summed E-state index contributed by atoms with van der Waals surface area (Å²) in [4.78, 5) is 18.2. The van der Waals surface area contributed by atoms with Crippen LogP contribution in [0.2, 0.25) is 0 Å². The van der Waals surface area contributed by atoms with Crippen LogP contribution in [0.4, 0.5) is 0 Å². The van der Waals surface area contributed by atoms with Gasteiger partial charge in [-0.15, -0.1) is 0 Å². The SMILES string of the molecule is Cc1ccc(CCc2nc(CC(=O)O)c(C)[nH]2)cc1. The lowest BCUT2D eigenvalue weighted by molar-refractivity contribution is -0.136. The molecule has 1 aromatic carbocycles. The Morgan fingerprint density at radius 1 is 1.21 bits per heavy atom. The zero-order chi connectivity index (χ0) is 13.8. The van der Waals surface area contributed by atoms with Crippen molar-refractivity contribution in [1.29, 1.82) is 0 Å². The van der Waals surface area contributed by atoms with Crippen molar-refractivity contribution in [2.24, 2.45) is 0 Å². The number of hydrogen-bond donors (Lipinski definition) is 2. The van der Waals surface area contributed by atoms with E-state index in [0.717, 1.165) is 24.4 Å². The molecule has 100 valence electrons. The molecule has 0 aliphatic heterocycles. The van der Waals surface area contributed by atoms with Crippen LogP contribution < -0.4 is 0 Å². The second kappa shape index (κ2) is 5.69. The molecule has 0 saturated heterocycles. The summed E-state index contributed by atoms with van der Waals surface area (Å²) < 4.78 is 0.